The second-order valence-electron chi connectivity index (χ2n) is 6.78. The summed E-state index contributed by atoms with van der Waals surface area (Å²) in [6, 6.07) is 9.55. The Morgan fingerprint density at radius 2 is 2.03 bits per heavy atom. The maximum Gasteiger partial charge on any atom is 0.433 e. The highest BCUT2D eigenvalue weighted by molar-refractivity contribution is 7.13. The summed E-state index contributed by atoms with van der Waals surface area (Å²) in [5.74, 6) is -0.472. The first-order valence-corrected chi connectivity index (χ1v) is 10.00. The number of hydrogen-bond donors (Lipinski definition) is 0. The molecule has 3 aromatic heterocycles. The molecule has 1 amide bonds. The van der Waals surface area contributed by atoms with Crippen LogP contribution in [-0.2, 0) is 6.18 Å². The molecule has 0 spiro atoms. The number of aromatic nitrogens is 3. The van der Waals surface area contributed by atoms with Gasteiger partial charge in [-0.1, -0.05) is 12.1 Å². The Morgan fingerprint density at radius 3 is 2.72 bits per heavy atom. The number of piperidine rings is 1. The highest BCUT2D eigenvalue weighted by atomic mass is 32.1. The van der Waals surface area contributed by atoms with Crippen molar-refractivity contribution in [1.82, 2.24) is 19.9 Å². The molecule has 29 heavy (non-hydrogen) atoms. The minimum Gasteiger partial charge on any atom is -0.337 e. The number of halogens is 3. The van der Waals surface area contributed by atoms with E-state index in [0.29, 0.717) is 30.0 Å². The number of alkyl halides is 3. The fourth-order valence-electron chi connectivity index (χ4n) is 3.37. The summed E-state index contributed by atoms with van der Waals surface area (Å²) in [6.07, 6.45) is -1.74. The van der Waals surface area contributed by atoms with E-state index in [1.165, 1.54) is 17.5 Å². The summed E-state index contributed by atoms with van der Waals surface area (Å²) in [6.45, 7) is 0.795. The van der Waals surface area contributed by atoms with Crippen LogP contribution in [-0.4, -0.2) is 38.8 Å². The first kappa shape index (κ1) is 19.5. The quantitative estimate of drug-likeness (QED) is 0.622. The van der Waals surface area contributed by atoms with E-state index in [9.17, 15) is 18.0 Å². The number of nitrogens with zero attached hydrogens (tertiary/aromatic N) is 4. The molecule has 150 valence electrons. The predicted molar refractivity (Wildman–Crippen MR) is 102 cm³/mol. The molecule has 0 aromatic carbocycles. The fourth-order valence-corrected chi connectivity index (χ4v) is 4.05. The van der Waals surface area contributed by atoms with E-state index >= 15 is 0 Å². The van der Waals surface area contributed by atoms with E-state index in [4.69, 9.17) is 0 Å². The Morgan fingerprint density at radius 1 is 1.17 bits per heavy atom. The summed E-state index contributed by atoms with van der Waals surface area (Å²) in [4.78, 5) is 27.3. The molecule has 1 saturated heterocycles. The van der Waals surface area contributed by atoms with Crippen LogP contribution in [0.25, 0.3) is 10.6 Å². The van der Waals surface area contributed by atoms with Crippen LogP contribution in [0.15, 0.2) is 48.0 Å². The average Bonchev–Trinajstić information content (AvgIpc) is 3.28. The molecule has 0 N–H and O–H groups in total. The van der Waals surface area contributed by atoms with Gasteiger partial charge in [0.2, 0.25) is 0 Å². The molecule has 0 unspecified atom stereocenters. The van der Waals surface area contributed by atoms with Gasteiger partial charge in [0.15, 0.2) is 0 Å². The third kappa shape index (κ3) is 4.29. The van der Waals surface area contributed by atoms with Gasteiger partial charge in [-0.2, -0.15) is 13.2 Å². The number of likely N-dealkylation sites (tertiary alicyclic amines) is 1. The van der Waals surface area contributed by atoms with Crippen LogP contribution in [0.4, 0.5) is 13.2 Å². The summed E-state index contributed by atoms with van der Waals surface area (Å²) >= 11 is 1.32. The Balaban J connectivity index is 1.65. The summed E-state index contributed by atoms with van der Waals surface area (Å²) in [5, 5.41) is 1.79. The van der Waals surface area contributed by atoms with Crippen molar-refractivity contribution in [3.05, 3.63) is 65.2 Å². The van der Waals surface area contributed by atoms with Gasteiger partial charge in [-0.05, 0) is 42.5 Å². The molecule has 1 fully saturated rings. The minimum atomic E-state index is -4.57. The van der Waals surface area contributed by atoms with Crippen LogP contribution < -0.4 is 0 Å². The lowest BCUT2D eigenvalue weighted by Crippen LogP contribution is -2.40. The zero-order valence-corrected chi connectivity index (χ0v) is 16.1. The molecule has 0 radical (unpaired) electrons. The smallest absolute Gasteiger partial charge is 0.337 e. The first-order valence-electron chi connectivity index (χ1n) is 9.12. The lowest BCUT2D eigenvalue weighted by Gasteiger charge is -2.32. The van der Waals surface area contributed by atoms with Crippen LogP contribution in [0.3, 0.4) is 0 Å². The molecular weight excluding hydrogens is 401 g/mol. The first-order chi connectivity index (χ1) is 13.9. The number of amides is 1. The van der Waals surface area contributed by atoms with Gasteiger partial charge in [0.05, 0.1) is 10.6 Å². The molecular formula is C20H17F3N4OS. The van der Waals surface area contributed by atoms with Crippen molar-refractivity contribution < 1.29 is 18.0 Å². The summed E-state index contributed by atoms with van der Waals surface area (Å²) in [7, 11) is 0. The standard InChI is InChI=1S/C20H17F3N4OS/c21-20(22,23)17-11-15(16-7-4-10-29-16)25-18(26-17)13-5-3-9-27(12-13)19(28)14-6-1-2-8-24-14/h1-2,4,6-8,10-11,13H,3,5,9,12H2/t13-/m1/s1. The Hall–Kier alpha value is -2.81. The summed E-state index contributed by atoms with van der Waals surface area (Å²) in [5.41, 5.74) is -0.387. The second kappa shape index (κ2) is 7.90. The molecule has 4 rings (SSSR count). The minimum absolute atomic E-state index is 0.127. The van der Waals surface area contributed by atoms with E-state index in [1.54, 1.807) is 40.6 Å². The number of carbonyl (C=O) groups excluding carboxylic acids is 1. The molecule has 9 heteroatoms. The van der Waals surface area contributed by atoms with Crippen LogP contribution in [0, 0.1) is 0 Å². The van der Waals surface area contributed by atoms with E-state index in [-0.39, 0.29) is 29.9 Å². The maximum atomic E-state index is 13.4. The zero-order chi connectivity index (χ0) is 20.4. The number of thiophene rings is 1. The van der Waals surface area contributed by atoms with Gasteiger partial charge in [-0.25, -0.2) is 9.97 Å². The molecule has 1 aliphatic rings. The van der Waals surface area contributed by atoms with Crippen LogP contribution in [0.2, 0.25) is 0 Å². The Labute approximate surface area is 169 Å². The highest BCUT2D eigenvalue weighted by Gasteiger charge is 2.35. The van der Waals surface area contributed by atoms with Crippen LogP contribution in [0.5, 0.6) is 0 Å². The van der Waals surface area contributed by atoms with E-state index in [0.717, 1.165) is 6.07 Å². The average molecular weight is 418 g/mol. The number of hydrogen-bond acceptors (Lipinski definition) is 5. The van der Waals surface area contributed by atoms with Crippen molar-refractivity contribution in [2.24, 2.45) is 0 Å². The van der Waals surface area contributed by atoms with Gasteiger partial charge in [-0.15, -0.1) is 11.3 Å². The maximum absolute atomic E-state index is 13.4. The highest BCUT2D eigenvalue weighted by Crippen LogP contribution is 2.34. The van der Waals surface area contributed by atoms with Gasteiger partial charge in [0.25, 0.3) is 5.91 Å². The van der Waals surface area contributed by atoms with Gasteiger partial charge < -0.3 is 4.90 Å². The number of rotatable bonds is 3. The van der Waals surface area contributed by atoms with Crippen molar-refractivity contribution in [2.75, 3.05) is 13.1 Å². The van der Waals surface area contributed by atoms with Crippen LogP contribution >= 0.6 is 11.3 Å². The summed E-state index contributed by atoms with van der Waals surface area (Å²) < 4.78 is 40.3. The van der Waals surface area contributed by atoms with E-state index in [1.807, 2.05) is 0 Å². The van der Waals surface area contributed by atoms with Crippen molar-refractivity contribution >= 4 is 17.2 Å². The number of pyridine rings is 1. The molecule has 0 bridgehead atoms. The van der Waals surface area contributed by atoms with E-state index in [2.05, 4.69) is 15.0 Å². The van der Waals surface area contributed by atoms with Crippen molar-refractivity contribution in [3.63, 3.8) is 0 Å². The lowest BCUT2D eigenvalue weighted by atomic mass is 9.96. The number of carbonyl (C=O) groups is 1. The monoisotopic (exact) mass is 418 g/mol. The Bertz CT molecular complexity index is 993. The van der Waals surface area contributed by atoms with Gasteiger partial charge in [0, 0.05) is 25.2 Å². The van der Waals surface area contributed by atoms with Crippen molar-refractivity contribution in [3.8, 4) is 10.6 Å². The van der Waals surface area contributed by atoms with Gasteiger partial charge in [0.1, 0.15) is 17.2 Å². The third-order valence-electron chi connectivity index (χ3n) is 4.77. The molecule has 3 aromatic rings. The molecule has 4 heterocycles. The van der Waals surface area contributed by atoms with Crippen molar-refractivity contribution in [1.29, 1.82) is 0 Å². The van der Waals surface area contributed by atoms with E-state index < -0.39 is 11.9 Å². The van der Waals surface area contributed by atoms with Crippen molar-refractivity contribution in [2.45, 2.75) is 24.9 Å². The second-order valence-corrected chi connectivity index (χ2v) is 7.72. The Kier molecular flexibility index (Phi) is 5.31. The van der Waals surface area contributed by atoms with Gasteiger partial charge >= 0.3 is 6.18 Å². The molecule has 1 atom stereocenters. The molecule has 0 aliphatic carbocycles. The normalized spacial score (nSPS) is 17.3. The third-order valence-corrected chi connectivity index (χ3v) is 5.66. The topological polar surface area (TPSA) is 59.0 Å². The lowest BCUT2D eigenvalue weighted by molar-refractivity contribution is -0.141. The molecule has 0 saturated carbocycles. The molecule has 5 nitrogen and oxygen atoms in total. The van der Waals surface area contributed by atoms with Crippen LogP contribution in [0.1, 0.15) is 40.8 Å². The fraction of sp³-hybridized carbons (Fsp3) is 0.300. The van der Waals surface area contributed by atoms with Gasteiger partial charge in [-0.3, -0.25) is 9.78 Å². The predicted octanol–water partition coefficient (Wildman–Crippen LogP) is 4.64. The largest absolute Gasteiger partial charge is 0.433 e. The SMILES string of the molecule is O=C(c1ccccn1)N1CCC[C@@H](c2nc(-c3cccs3)cc(C(F)(F)F)n2)C1. The molecule has 1 aliphatic heterocycles. The zero-order valence-electron chi connectivity index (χ0n) is 15.3.